The van der Waals surface area contributed by atoms with Crippen LogP contribution in [0, 0.1) is 0 Å². The van der Waals surface area contributed by atoms with Crippen molar-refractivity contribution in [2.45, 2.75) is 6.04 Å². The van der Waals surface area contributed by atoms with Gasteiger partial charge in [0.05, 0.1) is 12.6 Å². The van der Waals surface area contributed by atoms with Crippen LogP contribution in [0.15, 0.2) is 30.5 Å². The quantitative estimate of drug-likeness (QED) is 0.800. The minimum Gasteiger partial charge on any atom is -0.394 e. The number of aliphatic hydroxyl groups is 1. The van der Waals surface area contributed by atoms with E-state index in [-0.39, 0.29) is 25.1 Å². The van der Waals surface area contributed by atoms with Crippen molar-refractivity contribution >= 4 is 23.3 Å². The standard InChI is InChI=1S/C14H19N3O.ClH/c18-10-14(17-8-6-15-7-9-17)12-2-1-3-13-11(12)4-5-16-13;/h1-5,14-16,18H,6-10H2;1H/t14-;/m1./s1. The van der Waals surface area contributed by atoms with Crippen molar-refractivity contribution in [2.24, 2.45) is 0 Å². The molecule has 4 nitrogen and oxygen atoms in total. The molecule has 1 fully saturated rings. The lowest BCUT2D eigenvalue weighted by Crippen LogP contribution is -2.46. The van der Waals surface area contributed by atoms with Gasteiger partial charge in [-0.1, -0.05) is 12.1 Å². The molecule has 1 aliphatic heterocycles. The molecule has 2 heterocycles. The minimum atomic E-state index is 0. The lowest BCUT2D eigenvalue weighted by molar-refractivity contribution is 0.111. The molecule has 1 aromatic carbocycles. The molecule has 5 heteroatoms. The van der Waals surface area contributed by atoms with E-state index in [1.54, 1.807) is 0 Å². The van der Waals surface area contributed by atoms with E-state index in [4.69, 9.17) is 0 Å². The lowest BCUT2D eigenvalue weighted by atomic mass is 10.0. The van der Waals surface area contributed by atoms with Gasteiger partial charge in [0, 0.05) is 43.3 Å². The number of nitrogens with zero attached hydrogens (tertiary/aromatic N) is 1. The molecule has 0 spiro atoms. The first-order valence-electron chi connectivity index (χ1n) is 6.52. The minimum absolute atomic E-state index is 0. The largest absolute Gasteiger partial charge is 0.394 e. The Balaban J connectivity index is 0.00000133. The lowest BCUT2D eigenvalue weighted by Gasteiger charge is -2.34. The van der Waals surface area contributed by atoms with Gasteiger partial charge in [-0.15, -0.1) is 12.4 Å². The summed E-state index contributed by atoms with van der Waals surface area (Å²) in [6.45, 7) is 4.15. The van der Waals surface area contributed by atoms with Gasteiger partial charge in [0.25, 0.3) is 0 Å². The van der Waals surface area contributed by atoms with Gasteiger partial charge in [0.15, 0.2) is 0 Å². The second-order valence-electron chi connectivity index (χ2n) is 4.77. The first kappa shape index (κ1) is 14.3. The van der Waals surface area contributed by atoms with E-state index >= 15 is 0 Å². The predicted octanol–water partition coefficient (Wildman–Crippen LogP) is 1.53. The number of aromatic amines is 1. The fourth-order valence-electron chi connectivity index (χ4n) is 2.80. The number of aliphatic hydroxyl groups excluding tert-OH is 1. The molecule has 1 saturated heterocycles. The van der Waals surface area contributed by atoms with Crippen LogP contribution in [0.5, 0.6) is 0 Å². The van der Waals surface area contributed by atoms with E-state index in [2.05, 4.69) is 39.5 Å². The topological polar surface area (TPSA) is 51.3 Å². The van der Waals surface area contributed by atoms with Gasteiger partial charge in [-0.3, -0.25) is 4.90 Å². The summed E-state index contributed by atoms with van der Waals surface area (Å²) >= 11 is 0. The maximum Gasteiger partial charge on any atom is 0.0628 e. The van der Waals surface area contributed by atoms with E-state index < -0.39 is 0 Å². The fraction of sp³-hybridized carbons (Fsp3) is 0.429. The van der Waals surface area contributed by atoms with Crippen molar-refractivity contribution in [2.75, 3.05) is 32.8 Å². The second kappa shape index (κ2) is 6.39. The molecule has 0 radical (unpaired) electrons. The number of hydrogen-bond acceptors (Lipinski definition) is 3. The zero-order valence-electron chi connectivity index (χ0n) is 10.8. The van der Waals surface area contributed by atoms with Crippen molar-refractivity contribution in [1.29, 1.82) is 0 Å². The maximum absolute atomic E-state index is 9.76. The van der Waals surface area contributed by atoms with Gasteiger partial charge in [0.1, 0.15) is 0 Å². The van der Waals surface area contributed by atoms with Gasteiger partial charge in [0.2, 0.25) is 0 Å². The fourth-order valence-corrected chi connectivity index (χ4v) is 2.80. The highest BCUT2D eigenvalue weighted by atomic mass is 35.5. The Labute approximate surface area is 119 Å². The molecule has 0 aliphatic carbocycles. The third-order valence-electron chi connectivity index (χ3n) is 3.75. The number of hydrogen-bond donors (Lipinski definition) is 3. The van der Waals surface area contributed by atoms with E-state index in [0.717, 1.165) is 31.7 Å². The molecule has 0 unspecified atom stereocenters. The van der Waals surface area contributed by atoms with Crippen molar-refractivity contribution in [1.82, 2.24) is 15.2 Å². The summed E-state index contributed by atoms with van der Waals surface area (Å²) in [5, 5.41) is 14.3. The predicted molar refractivity (Wildman–Crippen MR) is 79.8 cm³/mol. The molecule has 0 saturated carbocycles. The molecule has 0 amide bonds. The van der Waals surface area contributed by atoms with Crippen molar-refractivity contribution in [3.8, 4) is 0 Å². The van der Waals surface area contributed by atoms with Crippen LogP contribution in [0.1, 0.15) is 11.6 Å². The normalized spacial score (nSPS) is 18.2. The first-order valence-corrected chi connectivity index (χ1v) is 6.52. The van der Waals surface area contributed by atoms with Crippen LogP contribution in [0.25, 0.3) is 10.9 Å². The number of halogens is 1. The Morgan fingerprint density at radius 2 is 2.00 bits per heavy atom. The Bertz CT molecular complexity index is 522. The summed E-state index contributed by atoms with van der Waals surface area (Å²) in [5.41, 5.74) is 2.36. The molecule has 1 atom stereocenters. The molecule has 0 bridgehead atoms. The monoisotopic (exact) mass is 281 g/mol. The van der Waals surface area contributed by atoms with Gasteiger partial charge >= 0.3 is 0 Å². The van der Waals surface area contributed by atoms with E-state index in [1.807, 2.05) is 6.20 Å². The Hall–Kier alpha value is -1.07. The molecule has 1 aliphatic rings. The van der Waals surface area contributed by atoms with Crippen molar-refractivity contribution in [3.63, 3.8) is 0 Å². The molecular formula is C14H20ClN3O. The van der Waals surface area contributed by atoms with Crippen molar-refractivity contribution in [3.05, 3.63) is 36.0 Å². The van der Waals surface area contributed by atoms with E-state index in [0.29, 0.717) is 0 Å². The third-order valence-corrected chi connectivity index (χ3v) is 3.75. The van der Waals surface area contributed by atoms with Crippen LogP contribution < -0.4 is 5.32 Å². The van der Waals surface area contributed by atoms with E-state index in [1.165, 1.54) is 10.9 Å². The Morgan fingerprint density at radius 1 is 1.21 bits per heavy atom. The number of fused-ring (bicyclic) bond motifs is 1. The number of piperazine rings is 1. The highest BCUT2D eigenvalue weighted by molar-refractivity contribution is 5.85. The summed E-state index contributed by atoms with van der Waals surface area (Å²) in [6, 6.07) is 8.45. The van der Waals surface area contributed by atoms with E-state index in [9.17, 15) is 5.11 Å². The molecule has 3 N–H and O–H groups in total. The van der Waals surface area contributed by atoms with Crippen LogP contribution in [0.2, 0.25) is 0 Å². The first-order chi connectivity index (χ1) is 8.90. The number of rotatable bonds is 3. The SMILES string of the molecule is Cl.OC[C@H](c1cccc2[nH]ccc12)N1CCNCC1. The third kappa shape index (κ3) is 2.77. The number of benzene rings is 1. The zero-order chi connectivity index (χ0) is 12.4. The molecule has 3 rings (SSSR count). The Morgan fingerprint density at radius 3 is 2.74 bits per heavy atom. The van der Waals surface area contributed by atoms with Gasteiger partial charge in [-0.25, -0.2) is 0 Å². The summed E-state index contributed by atoms with van der Waals surface area (Å²) in [6.07, 6.45) is 1.96. The maximum atomic E-state index is 9.76. The summed E-state index contributed by atoms with van der Waals surface area (Å²) in [5.74, 6) is 0. The molecular weight excluding hydrogens is 262 g/mol. The molecule has 19 heavy (non-hydrogen) atoms. The average molecular weight is 282 g/mol. The van der Waals surface area contributed by atoms with Gasteiger partial charge in [-0.05, 0) is 17.7 Å². The van der Waals surface area contributed by atoms with Crippen LogP contribution in [0.3, 0.4) is 0 Å². The van der Waals surface area contributed by atoms with Crippen LogP contribution in [-0.4, -0.2) is 47.8 Å². The Kier molecular flexibility index (Phi) is 4.82. The van der Waals surface area contributed by atoms with Crippen molar-refractivity contribution < 1.29 is 5.11 Å². The molecule has 104 valence electrons. The molecule has 1 aromatic heterocycles. The molecule has 2 aromatic rings. The van der Waals surface area contributed by atoms with Crippen LogP contribution in [-0.2, 0) is 0 Å². The number of H-pyrrole nitrogens is 1. The van der Waals surface area contributed by atoms with Crippen LogP contribution >= 0.6 is 12.4 Å². The summed E-state index contributed by atoms with van der Waals surface area (Å²) in [4.78, 5) is 5.59. The summed E-state index contributed by atoms with van der Waals surface area (Å²) in [7, 11) is 0. The second-order valence-corrected chi connectivity index (χ2v) is 4.77. The van der Waals surface area contributed by atoms with Gasteiger partial charge in [-0.2, -0.15) is 0 Å². The summed E-state index contributed by atoms with van der Waals surface area (Å²) < 4.78 is 0. The highest BCUT2D eigenvalue weighted by Crippen LogP contribution is 2.27. The average Bonchev–Trinajstić information content (AvgIpc) is 2.90. The van der Waals surface area contributed by atoms with Gasteiger partial charge < -0.3 is 15.4 Å². The number of nitrogens with one attached hydrogen (secondary N) is 2. The number of aromatic nitrogens is 1. The smallest absolute Gasteiger partial charge is 0.0628 e. The zero-order valence-corrected chi connectivity index (χ0v) is 11.6. The highest BCUT2D eigenvalue weighted by Gasteiger charge is 2.22. The van der Waals surface area contributed by atoms with Crippen LogP contribution in [0.4, 0.5) is 0 Å².